The average Bonchev–Trinajstić information content (AvgIpc) is 3.28. The lowest BCUT2D eigenvalue weighted by molar-refractivity contribution is -0.274. The van der Waals surface area contributed by atoms with Crippen LogP contribution in [-0.4, -0.2) is 65.9 Å². The molecule has 0 radical (unpaired) electrons. The first-order valence-corrected chi connectivity index (χ1v) is 13.4. The number of aromatic nitrogens is 3. The number of likely N-dealkylation sites (N-methyl/N-ethyl adjacent to an activating group) is 2. The number of nitrogens with one attached hydrogen (secondary N) is 2. The van der Waals surface area contributed by atoms with Gasteiger partial charge in [-0.2, -0.15) is 0 Å². The normalized spacial score (nSPS) is 11.7. The Labute approximate surface area is 248 Å². The summed E-state index contributed by atoms with van der Waals surface area (Å²) in [6.07, 6.45) is 2.74. The second-order valence-electron chi connectivity index (χ2n) is 10.2. The number of carbonyl (C=O) groups excluding carboxylic acids is 1. The van der Waals surface area contributed by atoms with E-state index in [1.54, 1.807) is 18.1 Å². The highest BCUT2D eigenvalue weighted by Crippen LogP contribution is 2.41. The fourth-order valence-electron chi connectivity index (χ4n) is 4.52. The van der Waals surface area contributed by atoms with Crippen LogP contribution in [-0.2, 0) is 11.8 Å². The molecule has 0 fully saturated rings. The molecule has 226 valence electrons. The van der Waals surface area contributed by atoms with Crippen LogP contribution in [0.15, 0.2) is 73.6 Å². The van der Waals surface area contributed by atoms with E-state index in [1.807, 2.05) is 68.0 Å². The Bertz CT molecular complexity index is 1660. The van der Waals surface area contributed by atoms with Crippen LogP contribution in [0.2, 0.25) is 0 Å². The van der Waals surface area contributed by atoms with E-state index in [0.29, 0.717) is 24.5 Å². The van der Waals surface area contributed by atoms with E-state index in [1.165, 1.54) is 30.4 Å². The van der Waals surface area contributed by atoms with E-state index in [-0.39, 0.29) is 17.3 Å². The van der Waals surface area contributed by atoms with Crippen molar-refractivity contribution in [1.82, 2.24) is 19.4 Å². The van der Waals surface area contributed by atoms with Crippen LogP contribution in [0.25, 0.3) is 22.2 Å². The number of ether oxygens (including phenoxy) is 1. The molecule has 0 aliphatic heterocycles. The lowest BCUT2D eigenvalue weighted by atomic mass is 10.1. The third-order valence-corrected chi connectivity index (χ3v) is 6.63. The fraction of sp³-hybridized carbons (Fsp3) is 0.258. The maximum atomic E-state index is 13.6. The van der Waals surface area contributed by atoms with Crippen molar-refractivity contribution in [3.63, 3.8) is 0 Å². The maximum absolute atomic E-state index is 13.6. The smallest absolute Gasteiger partial charge is 0.403 e. The minimum atomic E-state index is -4.98. The second-order valence-corrected chi connectivity index (χ2v) is 10.2. The van der Waals surface area contributed by atoms with Crippen LogP contribution < -0.4 is 20.3 Å². The molecule has 43 heavy (non-hydrogen) atoms. The Hall–Kier alpha value is -4.84. The first-order valence-electron chi connectivity index (χ1n) is 13.4. The molecular weight excluding hydrogens is 559 g/mol. The predicted octanol–water partition coefficient (Wildman–Crippen LogP) is 6.26. The zero-order chi connectivity index (χ0) is 31.3. The van der Waals surface area contributed by atoms with Gasteiger partial charge in [0.05, 0.1) is 22.8 Å². The number of anilines is 4. The summed E-state index contributed by atoms with van der Waals surface area (Å²) in [4.78, 5) is 25.3. The molecule has 2 aromatic carbocycles. The largest absolute Gasteiger partial charge is 0.573 e. The highest BCUT2D eigenvalue weighted by molar-refractivity contribution is 6.02. The van der Waals surface area contributed by atoms with Crippen LogP contribution in [0, 0.1) is 6.92 Å². The van der Waals surface area contributed by atoms with Gasteiger partial charge < -0.3 is 29.7 Å². The molecule has 2 heterocycles. The summed E-state index contributed by atoms with van der Waals surface area (Å²) in [6.45, 7) is 6.50. The molecule has 4 aromatic rings. The van der Waals surface area contributed by atoms with E-state index < -0.39 is 18.0 Å². The third kappa shape index (κ3) is 7.72. The SMILES string of the molecule is C=C/C=C\C(=O)Nc1cc(Nc2ncc(C)c(-c3cn(C)c4ccccc34)n2)c(OC(F)(F)F)cc1N(C)CCN(C)C. The standard InChI is InChI=1S/C31H34F3N7O2/c1-7-8-13-28(42)36-23-16-24(27(43-31(32,33)34)17-26(23)40(5)15-14-39(3)4)37-30-35-18-20(2)29(38-30)22-19-41(6)25-12-10-9-11-21(22)25/h7-13,16-19H,1,14-15H2,2-6H3,(H,36,42)(H,35,37,38)/b13-8-. The van der Waals surface area contributed by atoms with Gasteiger partial charge in [0.25, 0.3) is 0 Å². The molecular formula is C31H34F3N7O2. The zero-order valence-electron chi connectivity index (χ0n) is 24.7. The Morgan fingerprint density at radius 1 is 1.14 bits per heavy atom. The van der Waals surface area contributed by atoms with Crippen molar-refractivity contribution in [3.05, 3.63) is 79.2 Å². The monoisotopic (exact) mass is 593 g/mol. The number of allylic oxidation sites excluding steroid dienone is 2. The molecule has 0 saturated carbocycles. The zero-order valence-corrected chi connectivity index (χ0v) is 24.7. The molecule has 0 unspecified atom stereocenters. The molecule has 4 rings (SSSR count). The number of para-hydroxylation sites is 1. The molecule has 2 aromatic heterocycles. The summed E-state index contributed by atoms with van der Waals surface area (Å²) in [5.74, 6) is -0.935. The second kappa shape index (κ2) is 13.0. The highest BCUT2D eigenvalue weighted by Gasteiger charge is 2.33. The number of hydrogen-bond donors (Lipinski definition) is 2. The number of nitrogens with zero attached hydrogens (tertiary/aromatic N) is 5. The topological polar surface area (TPSA) is 87.5 Å². The number of rotatable bonds is 11. The third-order valence-electron chi connectivity index (χ3n) is 6.63. The molecule has 0 saturated heterocycles. The molecule has 0 aliphatic carbocycles. The average molecular weight is 594 g/mol. The Balaban J connectivity index is 1.81. The first-order chi connectivity index (χ1) is 20.4. The van der Waals surface area contributed by atoms with Crippen LogP contribution in [0.3, 0.4) is 0 Å². The van der Waals surface area contributed by atoms with Crippen molar-refractivity contribution in [2.24, 2.45) is 7.05 Å². The quantitative estimate of drug-likeness (QED) is 0.157. The van der Waals surface area contributed by atoms with Crippen molar-refractivity contribution in [3.8, 4) is 17.0 Å². The minimum absolute atomic E-state index is 0.0538. The van der Waals surface area contributed by atoms with Crippen molar-refractivity contribution in [2.45, 2.75) is 13.3 Å². The van der Waals surface area contributed by atoms with Gasteiger partial charge in [-0.25, -0.2) is 9.97 Å². The molecule has 1 amide bonds. The van der Waals surface area contributed by atoms with Crippen molar-refractivity contribution in [2.75, 3.05) is 49.8 Å². The van der Waals surface area contributed by atoms with Gasteiger partial charge >= 0.3 is 6.36 Å². The molecule has 0 atom stereocenters. The van der Waals surface area contributed by atoms with Crippen LogP contribution in [0.1, 0.15) is 5.56 Å². The number of aryl methyl sites for hydroxylation is 2. The number of hydrogen-bond acceptors (Lipinski definition) is 7. The summed E-state index contributed by atoms with van der Waals surface area (Å²) < 4.78 is 47.2. The Morgan fingerprint density at radius 3 is 2.58 bits per heavy atom. The lowest BCUT2D eigenvalue weighted by Gasteiger charge is -2.26. The number of fused-ring (bicyclic) bond motifs is 1. The number of halogens is 3. The highest BCUT2D eigenvalue weighted by atomic mass is 19.4. The summed E-state index contributed by atoms with van der Waals surface area (Å²) in [7, 11) is 7.42. The lowest BCUT2D eigenvalue weighted by Crippen LogP contribution is -2.29. The van der Waals surface area contributed by atoms with Gasteiger partial charge in [0.15, 0.2) is 5.75 Å². The first kappa shape index (κ1) is 31.1. The number of alkyl halides is 3. The van der Waals surface area contributed by atoms with Crippen LogP contribution >= 0.6 is 0 Å². The van der Waals surface area contributed by atoms with Gasteiger partial charge in [0.2, 0.25) is 11.9 Å². The van der Waals surface area contributed by atoms with E-state index in [0.717, 1.165) is 22.0 Å². The summed E-state index contributed by atoms with van der Waals surface area (Å²) >= 11 is 0. The molecule has 12 heteroatoms. The molecule has 0 aliphatic rings. The summed E-state index contributed by atoms with van der Waals surface area (Å²) in [5, 5.41) is 6.62. The number of benzene rings is 2. The van der Waals surface area contributed by atoms with E-state index in [9.17, 15) is 18.0 Å². The van der Waals surface area contributed by atoms with Crippen molar-refractivity contribution < 1.29 is 22.7 Å². The van der Waals surface area contributed by atoms with Gasteiger partial charge in [-0.15, -0.1) is 13.2 Å². The number of amides is 1. The Kier molecular flexibility index (Phi) is 9.40. The predicted molar refractivity (Wildman–Crippen MR) is 165 cm³/mol. The van der Waals surface area contributed by atoms with E-state index >= 15 is 0 Å². The molecule has 0 spiro atoms. The van der Waals surface area contributed by atoms with Crippen molar-refractivity contribution >= 4 is 39.8 Å². The van der Waals surface area contributed by atoms with Crippen LogP contribution in [0.5, 0.6) is 5.75 Å². The van der Waals surface area contributed by atoms with Gasteiger partial charge in [-0.3, -0.25) is 4.79 Å². The van der Waals surface area contributed by atoms with Crippen LogP contribution in [0.4, 0.5) is 36.2 Å². The molecule has 0 bridgehead atoms. The van der Waals surface area contributed by atoms with Crippen molar-refractivity contribution in [1.29, 1.82) is 0 Å². The van der Waals surface area contributed by atoms with Gasteiger partial charge in [-0.1, -0.05) is 36.9 Å². The Morgan fingerprint density at radius 2 is 1.88 bits per heavy atom. The van der Waals surface area contributed by atoms with Gasteiger partial charge in [0, 0.05) is 68.2 Å². The fourth-order valence-corrected chi connectivity index (χ4v) is 4.52. The van der Waals surface area contributed by atoms with Gasteiger partial charge in [0.1, 0.15) is 0 Å². The molecule has 9 nitrogen and oxygen atoms in total. The summed E-state index contributed by atoms with van der Waals surface area (Å²) in [5.41, 5.74) is 3.77. The minimum Gasteiger partial charge on any atom is -0.403 e. The number of carbonyl (C=O) groups is 1. The van der Waals surface area contributed by atoms with Gasteiger partial charge in [-0.05, 0) is 38.7 Å². The van der Waals surface area contributed by atoms with E-state index in [2.05, 4.69) is 31.9 Å². The summed E-state index contributed by atoms with van der Waals surface area (Å²) in [6, 6.07) is 10.5. The maximum Gasteiger partial charge on any atom is 0.573 e. The van der Waals surface area contributed by atoms with E-state index in [4.69, 9.17) is 0 Å². The molecule has 2 N–H and O–H groups in total.